The van der Waals surface area contributed by atoms with Crippen molar-refractivity contribution in [3.05, 3.63) is 48.0 Å². The average molecular weight is 607 g/mol. The summed E-state index contributed by atoms with van der Waals surface area (Å²) in [5.41, 5.74) is -1.15. The number of carbonyl (C=O) groups is 2. The molecule has 0 saturated heterocycles. The van der Waals surface area contributed by atoms with Gasteiger partial charge < -0.3 is 9.84 Å². The van der Waals surface area contributed by atoms with Gasteiger partial charge in [0.1, 0.15) is 0 Å². The molecule has 41 heavy (non-hydrogen) atoms. The third-order valence-electron chi connectivity index (χ3n) is 6.60. The number of rotatable bonds is 7. The van der Waals surface area contributed by atoms with Gasteiger partial charge in [-0.2, -0.15) is 39.5 Å². The van der Waals surface area contributed by atoms with Gasteiger partial charge in [0.05, 0.1) is 5.92 Å². The fourth-order valence-corrected chi connectivity index (χ4v) is 2.94. The van der Waals surface area contributed by atoms with Gasteiger partial charge in [-0.25, -0.2) is 0 Å². The number of carbonyl (C=O) groups excluding carboxylic acids is 1. The van der Waals surface area contributed by atoms with E-state index in [0.29, 0.717) is 12.8 Å². The molecule has 0 bridgehead atoms. The molecular formula is C28H35F9O4. The van der Waals surface area contributed by atoms with Crippen molar-refractivity contribution in [1.82, 2.24) is 0 Å². The summed E-state index contributed by atoms with van der Waals surface area (Å²) in [5, 5.41) is 10.9. The highest BCUT2D eigenvalue weighted by Gasteiger charge is 2.60. The van der Waals surface area contributed by atoms with Crippen LogP contribution in [0.25, 0.3) is 10.8 Å². The first-order valence-corrected chi connectivity index (χ1v) is 12.7. The summed E-state index contributed by atoms with van der Waals surface area (Å²) >= 11 is 0. The minimum absolute atomic E-state index is 0.0985. The molecule has 0 aliphatic heterocycles. The zero-order valence-corrected chi connectivity index (χ0v) is 23.5. The van der Waals surface area contributed by atoms with Crippen molar-refractivity contribution in [2.24, 2.45) is 11.3 Å². The van der Waals surface area contributed by atoms with Crippen molar-refractivity contribution in [3.63, 3.8) is 0 Å². The van der Waals surface area contributed by atoms with Crippen LogP contribution in [0.5, 0.6) is 0 Å². The predicted octanol–water partition coefficient (Wildman–Crippen LogP) is 9.47. The number of hydrogen-bond acceptors (Lipinski definition) is 3. The van der Waals surface area contributed by atoms with Gasteiger partial charge in [0, 0.05) is 0 Å². The molecule has 0 aromatic heterocycles. The summed E-state index contributed by atoms with van der Waals surface area (Å²) in [7, 11) is 0. The highest BCUT2D eigenvalue weighted by Crippen LogP contribution is 2.40. The molecule has 0 saturated carbocycles. The molecule has 2 aromatic carbocycles. The Hall–Kier alpha value is -2.99. The Bertz CT molecular complexity index is 1100. The Morgan fingerprint density at radius 2 is 1.29 bits per heavy atom. The van der Waals surface area contributed by atoms with Crippen molar-refractivity contribution in [2.45, 2.75) is 91.4 Å². The lowest BCUT2D eigenvalue weighted by Crippen LogP contribution is -2.46. The fraction of sp³-hybridized carbons (Fsp3) is 0.571. The second-order valence-electron chi connectivity index (χ2n) is 9.61. The normalized spacial score (nSPS) is 15.0. The predicted molar refractivity (Wildman–Crippen MR) is 136 cm³/mol. The van der Waals surface area contributed by atoms with Crippen LogP contribution in [0.2, 0.25) is 0 Å². The summed E-state index contributed by atoms with van der Waals surface area (Å²) in [6.45, 7) is 9.02. The maximum atomic E-state index is 12.0. The SMILES string of the molecule is CCC(C)(C(=O)O)C(F)(F)F.CCC(C)C(=O)OC(C(F)(F)F)C(F)(F)F.CCC(C)c1ccc2ccccc2c1. The van der Waals surface area contributed by atoms with E-state index in [9.17, 15) is 49.1 Å². The van der Waals surface area contributed by atoms with Crippen LogP contribution in [-0.4, -0.2) is 41.7 Å². The molecular weight excluding hydrogens is 571 g/mol. The zero-order valence-electron chi connectivity index (χ0n) is 23.5. The van der Waals surface area contributed by atoms with Gasteiger partial charge in [-0.05, 0) is 48.4 Å². The molecule has 3 atom stereocenters. The topological polar surface area (TPSA) is 63.6 Å². The van der Waals surface area contributed by atoms with Crippen molar-refractivity contribution < 1.29 is 58.9 Å². The van der Waals surface area contributed by atoms with Gasteiger partial charge in [0.2, 0.25) is 0 Å². The van der Waals surface area contributed by atoms with Crippen LogP contribution in [0, 0.1) is 11.3 Å². The van der Waals surface area contributed by atoms with Gasteiger partial charge in [-0.15, -0.1) is 0 Å². The lowest BCUT2D eigenvalue weighted by molar-refractivity contribution is -0.314. The van der Waals surface area contributed by atoms with E-state index >= 15 is 0 Å². The van der Waals surface area contributed by atoms with E-state index in [4.69, 9.17) is 5.11 Å². The number of benzene rings is 2. The highest BCUT2D eigenvalue weighted by molar-refractivity contribution is 5.83. The number of ether oxygens (including phenoxy) is 1. The first-order valence-electron chi connectivity index (χ1n) is 12.7. The molecule has 3 unspecified atom stereocenters. The highest BCUT2D eigenvalue weighted by atomic mass is 19.4. The van der Waals surface area contributed by atoms with Crippen LogP contribution in [0.1, 0.15) is 72.3 Å². The van der Waals surface area contributed by atoms with Gasteiger partial charge >= 0.3 is 30.5 Å². The maximum absolute atomic E-state index is 12.0. The van der Waals surface area contributed by atoms with Crippen molar-refractivity contribution in [3.8, 4) is 0 Å². The summed E-state index contributed by atoms with van der Waals surface area (Å²) in [6, 6.07) is 15.3. The Morgan fingerprint density at radius 3 is 1.63 bits per heavy atom. The molecule has 13 heteroatoms. The minimum atomic E-state index is -5.65. The first kappa shape index (κ1) is 38.0. The summed E-state index contributed by atoms with van der Waals surface area (Å²) < 4.78 is 111. The largest absolute Gasteiger partial charge is 0.481 e. The zero-order chi connectivity index (χ0) is 32.4. The maximum Gasteiger partial charge on any atom is 0.434 e. The monoisotopic (exact) mass is 606 g/mol. The van der Waals surface area contributed by atoms with E-state index in [-0.39, 0.29) is 6.42 Å². The second-order valence-corrected chi connectivity index (χ2v) is 9.61. The number of halogens is 9. The lowest BCUT2D eigenvalue weighted by Gasteiger charge is -2.25. The number of aliphatic carboxylic acids is 1. The Balaban J connectivity index is 0.000000596. The lowest BCUT2D eigenvalue weighted by atomic mass is 9.87. The van der Waals surface area contributed by atoms with Gasteiger partial charge in [-0.1, -0.05) is 77.1 Å². The Morgan fingerprint density at radius 1 is 0.805 bits per heavy atom. The Labute approximate surface area is 232 Å². The number of esters is 1. The van der Waals surface area contributed by atoms with Crippen LogP contribution in [0.15, 0.2) is 42.5 Å². The standard InChI is InChI=1S/C14H16.C8H10F6O2.C6H9F3O2/c1-3-11(2)13-9-8-12-6-4-5-7-14(12)10-13;1-3-4(2)5(15)16-6(7(9,10)11)8(12,13)14;1-3-5(2,4(10)11)6(7,8)9/h4-11H,3H2,1-2H3;4,6H,3H2,1-2H3;3H2,1-2H3,(H,10,11). The molecule has 234 valence electrons. The van der Waals surface area contributed by atoms with Crippen LogP contribution in [0.4, 0.5) is 39.5 Å². The number of alkyl halides is 9. The van der Waals surface area contributed by atoms with E-state index in [1.54, 1.807) is 0 Å². The average Bonchev–Trinajstić information content (AvgIpc) is 2.88. The van der Waals surface area contributed by atoms with Crippen molar-refractivity contribution in [2.75, 3.05) is 0 Å². The van der Waals surface area contributed by atoms with Crippen molar-refractivity contribution >= 4 is 22.7 Å². The van der Waals surface area contributed by atoms with Crippen molar-refractivity contribution in [1.29, 1.82) is 0 Å². The summed E-state index contributed by atoms with van der Waals surface area (Å²) in [6.07, 6.45) is -19.2. The molecule has 1 N–H and O–H groups in total. The third kappa shape index (κ3) is 11.4. The molecule has 2 rings (SSSR count). The molecule has 4 nitrogen and oxygen atoms in total. The number of hydrogen-bond donors (Lipinski definition) is 1. The molecule has 0 aliphatic carbocycles. The molecule has 0 radical (unpaired) electrons. The second kappa shape index (κ2) is 15.3. The van der Waals surface area contributed by atoms with E-state index in [0.717, 1.165) is 0 Å². The van der Waals surface area contributed by atoms with Gasteiger partial charge in [-0.3, -0.25) is 9.59 Å². The van der Waals surface area contributed by atoms with Crippen LogP contribution >= 0.6 is 0 Å². The first-order chi connectivity index (χ1) is 18.6. The van der Waals surface area contributed by atoms with E-state index in [1.807, 2.05) is 0 Å². The fourth-order valence-electron chi connectivity index (χ4n) is 2.94. The van der Waals surface area contributed by atoms with Crippen LogP contribution in [0.3, 0.4) is 0 Å². The summed E-state index contributed by atoms with van der Waals surface area (Å²) in [4.78, 5) is 21.0. The van der Waals surface area contributed by atoms with E-state index < -0.39 is 54.3 Å². The summed E-state index contributed by atoms with van der Waals surface area (Å²) in [5.74, 6) is -3.68. The van der Waals surface area contributed by atoms with E-state index in [1.165, 1.54) is 43.5 Å². The number of carboxylic acid groups (broad SMARTS) is 1. The molecule has 0 fully saturated rings. The third-order valence-corrected chi connectivity index (χ3v) is 6.60. The smallest absolute Gasteiger partial charge is 0.434 e. The quantitative estimate of drug-likeness (QED) is 0.252. The number of fused-ring (bicyclic) bond motifs is 1. The van der Waals surface area contributed by atoms with Crippen LogP contribution in [-0.2, 0) is 14.3 Å². The molecule has 0 spiro atoms. The minimum Gasteiger partial charge on any atom is -0.481 e. The molecule has 2 aromatic rings. The molecule has 0 aliphatic rings. The van der Waals surface area contributed by atoms with Crippen LogP contribution < -0.4 is 0 Å². The van der Waals surface area contributed by atoms with E-state index in [2.05, 4.69) is 61.0 Å². The molecule has 0 heterocycles. The van der Waals surface area contributed by atoms with Gasteiger partial charge in [0.15, 0.2) is 5.41 Å². The van der Waals surface area contributed by atoms with Gasteiger partial charge in [0.25, 0.3) is 6.10 Å². The number of carboxylic acids is 1. The Kier molecular flexibility index (Phi) is 14.2. The molecule has 0 amide bonds.